The fourth-order valence-corrected chi connectivity index (χ4v) is 4.02. The highest BCUT2D eigenvalue weighted by atomic mass is 35.5. The number of halogens is 2. The molecule has 0 heterocycles. The molecule has 7 nitrogen and oxygen atoms in total. The molecule has 1 aliphatic carbocycles. The van der Waals surface area contributed by atoms with Crippen molar-refractivity contribution in [3.05, 3.63) is 27.7 Å². The molecule has 0 unspecified atom stereocenters. The second kappa shape index (κ2) is 7.69. The molecule has 2 N–H and O–H groups in total. The molecule has 1 saturated carbocycles. The van der Waals surface area contributed by atoms with Crippen molar-refractivity contribution in [3.8, 4) is 0 Å². The van der Waals surface area contributed by atoms with Gasteiger partial charge in [-0.15, -0.1) is 0 Å². The molecule has 0 atom stereocenters. The number of esters is 1. The van der Waals surface area contributed by atoms with E-state index < -0.39 is 21.9 Å². The van der Waals surface area contributed by atoms with Crippen molar-refractivity contribution in [1.29, 1.82) is 0 Å². The van der Waals surface area contributed by atoms with E-state index in [9.17, 15) is 18.0 Å². The highest BCUT2D eigenvalue weighted by Gasteiger charge is 2.30. The number of ether oxygens (including phenoxy) is 1. The van der Waals surface area contributed by atoms with Gasteiger partial charge in [0.1, 0.15) is 11.4 Å². The summed E-state index contributed by atoms with van der Waals surface area (Å²) < 4.78 is 31.8. The third kappa shape index (κ3) is 4.83. The minimum atomic E-state index is -3.85. The summed E-state index contributed by atoms with van der Waals surface area (Å²) in [6.07, 6.45) is 1.52. The monoisotopic (exact) mass is 394 g/mol. The Balaban J connectivity index is 2.22. The lowest BCUT2D eigenvalue weighted by Gasteiger charge is -2.11. The third-order valence-electron chi connectivity index (χ3n) is 3.15. The number of sulfonamides is 1. The average molecular weight is 395 g/mol. The maximum Gasteiger partial charge on any atom is 0.325 e. The topological polar surface area (TPSA) is 102 Å². The van der Waals surface area contributed by atoms with Crippen LogP contribution in [0.1, 0.15) is 30.1 Å². The molecule has 1 amide bonds. The maximum atomic E-state index is 12.3. The lowest BCUT2D eigenvalue weighted by atomic mass is 10.2. The van der Waals surface area contributed by atoms with Crippen molar-refractivity contribution in [2.24, 2.45) is 0 Å². The lowest BCUT2D eigenvalue weighted by Crippen LogP contribution is -2.31. The Morgan fingerprint density at radius 3 is 2.50 bits per heavy atom. The van der Waals surface area contributed by atoms with Gasteiger partial charge in [-0.1, -0.05) is 23.2 Å². The van der Waals surface area contributed by atoms with Crippen molar-refractivity contribution >= 4 is 45.1 Å². The molecular weight excluding hydrogens is 379 g/mol. The van der Waals surface area contributed by atoms with Crippen LogP contribution in [0.4, 0.5) is 0 Å². The maximum absolute atomic E-state index is 12.3. The van der Waals surface area contributed by atoms with E-state index in [1.807, 2.05) is 0 Å². The number of benzene rings is 1. The Labute approximate surface area is 149 Å². The number of nitrogens with one attached hydrogen (secondary N) is 2. The van der Waals surface area contributed by atoms with Crippen LogP contribution in [0.15, 0.2) is 17.0 Å². The van der Waals surface area contributed by atoms with Gasteiger partial charge in [0.2, 0.25) is 10.0 Å². The summed E-state index contributed by atoms with van der Waals surface area (Å²) in [6.45, 7) is 1.47. The van der Waals surface area contributed by atoms with E-state index in [0.29, 0.717) is 0 Å². The molecule has 2 rings (SSSR count). The molecular formula is C14H16Cl2N2O5S. The number of carbonyl (C=O) groups is 2. The zero-order chi connectivity index (χ0) is 17.9. The van der Waals surface area contributed by atoms with Crippen molar-refractivity contribution in [1.82, 2.24) is 10.0 Å². The van der Waals surface area contributed by atoms with Crippen LogP contribution in [0, 0.1) is 0 Å². The number of hydrogen-bond donors (Lipinski definition) is 2. The van der Waals surface area contributed by atoms with Gasteiger partial charge in [-0.25, -0.2) is 13.1 Å². The molecule has 1 aromatic rings. The average Bonchev–Trinajstić information content (AvgIpc) is 3.28. The van der Waals surface area contributed by atoms with Crippen LogP contribution < -0.4 is 10.0 Å². The van der Waals surface area contributed by atoms with Crippen molar-refractivity contribution in [3.63, 3.8) is 0 Å². The van der Waals surface area contributed by atoms with E-state index in [-0.39, 0.29) is 39.7 Å². The molecule has 1 fully saturated rings. The van der Waals surface area contributed by atoms with Gasteiger partial charge in [0.15, 0.2) is 0 Å². The molecule has 132 valence electrons. The fraction of sp³-hybridized carbons (Fsp3) is 0.429. The smallest absolute Gasteiger partial charge is 0.325 e. The number of hydrogen-bond acceptors (Lipinski definition) is 5. The molecule has 0 aromatic heterocycles. The Morgan fingerprint density at radius 1 is 1.25 bits per heavy atom. The van der Waals surface area contributed by atoms with E-state index in [1.54, 1.807) is 6.92 Å². The Hall–Kier alpha value is -1.35. The van der Waals surface area contributed by atoms with E-state index >= 15 is 0 Å². The van der Waals surface area contributed by atoms with Gasteiger partial charge in [-0.3, -0.25) is 9.59 Å². The number of carbonyl (C=O) groups excluding carboxylic acids is 2. The standard InChI is InChI=1S/C14H16Cl2N2O5S/c1-2-23-13(19)7-17-14(20)9-5-12(11(16)6-10(9)15)24(21,22)18-8-3-4-8/h5-6,8,18H,2-4,7H2,1H3,(H,17,20). The SMILES string of the molecule is CCOC(=O)CNC(=O)c1cc(S(=O)(=O)NC2CC2)c(Cl)cc1Cl. The normalized spacial score (nSPS) is 14.3. The first kappa shape index (κ1) is 19.0. The minimum Gasteiger partial charge on any atom is -0.465 e. The Morgan fingerprint density at radius 2 is 1.92 bits per heavy atom. The molecule has 1 aromatic carbocycles. The Kier molecular flexibility index (Phi) is 6.08. The van der Waals surface area contributed by atoms with Crippen LogP contribution in [0.5, 0.6) is 0 Å². The van der Waals surface area contributed by atoms with E-state index in [0.717, 1.165) is 18.9 Å². The second-order valence-corrected chi connectivity index (χ2v) is 7.64. The first-order valence-corrected chi connectivity index (χ1v) is 9.43. The van der Waals surface area contributed by atoms with Crippen LogP contribution in [0.3, 0.4) is 0 Å². The summed E-state index contributed by atoms with van der Waals surface area (Å²) in [4.78, 5) is 23.2. The quantitative estimate of drug-likeness (QED) is 0.685. The first-order valence-electron chi connectivity index (χ1n) is 7.19. The van der Waals surface area contributed by atoms with Gasteiger partial charge >= 0.3 is 5.97 Å². The van der Waals surface area contributed by atoms with Gasteiger partial charge < -0.3 is 10.1 Å². The van der Waals surface area contributed by atoms with Gasteiger partial charge in [0.05, 0.1) is 22.2 Å². The van der Waals surface area contributed by atoms with Gasteiger partial charge in [0.25, 0.3) is 5.91 Å². The zero-order valence-corrected chi connectivity index (χ0v) is 15.1. The minimum absolute atomic E-state index is 0.0215. The van der Waals surface area contributed by atoms with Crippen molar-refractivity contribution in [2.45, 2.75) is 30.7 Å². The molecule has 0 saturated heterocycles. The zero-order valence-electron chi connectivity index (χ0n) is 12.8. The second-order valence-electron chi connectivity index (χ2n) is 5.15. The van der Waals surface area contributed by atoms with Crippen LogP contribution in [-0.4, -0.2) is 39.5 Å². The first-order chi connectivity index (χ1) is 11.2. The summed E-state index contributed by atoms with van der Waals surface area (Å²) in [6, 6.07) is 2.17. The largest absolute Gasteiger partial charge is 0.465 e. The molecule has 0 radical (unpaired) electrons. The van der Waals surface area contributed by atoms with Gasteiger partial charge in [-0.05, 0) is 31.9 Å². The van der Waals surface area contributed by atoms with Gasteiger partial charge in [-0.2, -0.15) is 0 Å². The van der Waals surface area contributed by atoms with Crippen molar-refractivity contribution < 1.29 is 22.7 Å². The summed E-state index contributed by atoms with van der Waals surface area (Å²) in [5.74, 6) is -1.31. The summed E-state index contributed by atoms with van der Waals surface area (Å²) >= 11 is 11.9. The lowest BCUT2D eigenvalue weighted by molar-refractivity contribution is -0.141. The molecule has 1 aliphatic rings. The molecule has 0 bridgehead atoms. The third-order valence-corrected chi connectivity index (χ3v) is 5.45. The molecule has 0 spiro atoms. The summed E-state index contributed by atoms with van der Waals surface area (Å²) in [5, 5.41) is 2.21. The van der Waals surface area contributed by atoms with Crippen LogP contribution in [0.2, 0.25) is 10.0 Å². The summed E-state index contributed by atoms with van der Waals surface area (Å²) in [5.41, 5.74) is -0.0958. The van der Waals surface area contributed by atoms with Crippen molar-refractivity contribution in [2.75, 3.05) is 13.2 Å². The van der Waals surface area contributed by atoms with Crippen LogP contribution >= 0.6 is 23.2 Å². The molecule has 24 heavy (non-hydrogen) atoms. The predicted molar refractivity (Wildman–Crippen MR) is 88.8 cm³/mol. The van der Waals surface area contributed by atoms with E-state index in [1.165, 1.54) is 6.07 Å². The van der Waals surface area contributed by atoms with E-state index in [4.69, 9.17) is 27.9 Å². The Bertz CT molecular complexity index is 763. The molecule has 10 heteroatoms. The number of rotatable bonds is 7. The highest BCUT2D eigenvalue weighted by Crippen LogP contribution is 2.30. The number of amides is 1. The van der Waals surface area contributed by atoms with E-state index in [2.05, 4.69) is 10.0 Å². The van der Waals surface area contributed by atoms with Crippen LogP contribution in [0.25, 0.3) is 0 Å². The fourth-order valence-electron chi connectivity index (χ4n) is 1.85. The van der Waals surface area contributed by atoms with Gasteiger partial charge in [0, 0.05) is 6.04 Å². The predicted octanol–water partition coefficient (Wildman–Crippen LogP) is 1.73. The van der Waals surface area contributed by atoms with Crippen LogP contribution in [-0.2, 0) is 19.6 Å². The highest BCUT2D eigenvalue weighted by molar-refractivity contribution is 7.89. The summed E-state index contributed by atoms with van der Waals surface area (Å²) in [7, 11) is -3.85. The molecule has 0 aliphatic heterocycles.